The third-order valence-electron chi connectivity index (χ3n) is 4.42. The lowest BCUT2D eigenvalue weighted by atomic mass is 9.91. The molecule has 0 aromatic heterocycles. The average molecular weight is 436 g/mol. The van der Waals surface area contributed by atoms with Crippen molar-refractivity contribution < 1.29 is 9.53 Å². The maximum absolute atomic E-state index is 11.7. The van der Waals surface area contributed by atoms with E-state index >= 15 is 0 Å². The van der Waals surface area contributed by atoms with Gasteiger partial charge in [-0.15, -0.1) is 30.6 Å². The highest BCUT2D eigenvalue weighted by molar-refractivity contribution is 14.0. The highest BCUT2D eigenvalue weighted by Gasteiger charge is 2.33. The van der Waals surface area contributed by atoms with E-state index in [0.29, 0.717) is 18.4 Å². The van der Waals surface area contributed by atoms with Crippen LogP contribution in [0.4, 0.5) is 0 Å². The first kappa shape index (κ1) is 20.2. The fourth-order valence-electron chi connectivity index (χ4n) is 3.00. The zero-order chi connectivity index (χ0) is 15.9. The second-order valence-corrected chi connectivity index (χ2v) is 6.22. The van der Waals surface area contributed by atoms with Crippen molar-refractivity contribution in [1.82, 2.24) is 15.1 Å². The monoisotopic (exact) mass is 436 g/mol. The summed E-state index contributed by atoms with van der Waals surface area (Å²) in [5.41, 5.74) is 0. The van der Waals surface area contributed by atoms with Crippen molar-refractivity contribution in [2.45, 2.75) is 12.8 Å². The van der Waals surface area contributed by atoms with Gasteiger partial charge in [0.2, 0.25) is 5.91 Å². The lowest BCUT2D eigenvalue weighted by Gasteiger charge is -2.23. The molecule has 1 amide bonds. The minimum atomic E-state index is 0. The molecule has 0 spiro atoms. The molecule has 2 rings (SSSR count). The lowest BCUT2D eigenvalue weighted by molar-refractivity contribution is -0.127. The number of carbonyl (C=O) groups is 1. The molecule has 6 nitrogen and oxygen atoms in total. The largest absolute Gasteiger partial charge is 0.381 e. The van der Waals surface area contributed by atoms with Crippen LogP contribution in [0.1, 0.15) is 12.8 Å². The Labute approximate surface area is 156 Å². The van der Waals surface area contributed by atoms with Crippen LogP contribution in [-0.4, -0.2) is 75.2 Å². The van der Waals surface area contributed by atoms with Gasteiger partial charge in [-0.25, -0.2) is 4.99 Å². The summed E-state index contributed by atoms with van der Waals surface area (Å²) in [6, 6.07) is 0. The minimum absolute atomic E-state index is 0. The van der Waals surface area contributed by atoms with E-state index in [9.17, 15) is 4.79 Å². The van der Waals surface area contributed by atoms with E-state index in [1.54, 1.807) is 19.0 Å². The Kier molecular flexibility index (Phi) is 8.90. The molecule has 0 radical (unpaired) electrons. The predicted octanol–water partition coefficient (Wildman–Crippen LogP) is 1.18. The standard InChI is InChI=1S/C16H28N4O2.HI/c1-4-7-17-16(18-10-15(21)19(2)3)20-8-5-13(11-20)14-6-9-22-12-14;/h4,13-14H,1,5-12H2,2-3H3,(H,17,18);1H. The molecule has 0 aromatic rings. The molecule has 23 heavy (non-hydrogen) atoms. The molecular weight excluding hydrogens is 407 g/mol. The van der Waals surface area contributed by atoms with Crippen LogP contribution < -0.4 is 5.32 Å². The number of carbonyl (C=O) groups excluding carboxylic acids is 1. The van der Waals surface area contributed by atoms with Gasteiger partial charge in [-0.1, -0.05) is 6.08 Å². The Balaban J connectivity index is 0.00000264. The van der Waals surface area contributed by atoms with Crippen LogP contribution in [0.5, 0.6) is 0 Å². The molecule has 1 N–H and O–H groups in total. The number of hydrogen-bond donors (Lipinski definition) is 1. The molecule has 0 saturated carbocycles. The molecule has 0 aromatic carbocycles. The van der Waals surface area contributed by atoms with E-state index in [1.165, 1.54) is 12.8 Å². The van der Waals surface area contributed by atoms with E-state index < -0.39 is 0 Å². The van der Waals surface area contributed by atoms with Gasteiger partial charge in [0.1, 0.15) is 6.54 Å². The number of halogens is 1. The molecule has 2 unspecified atom stereocenters. The maximum atomic E-state index is 11.7. The van der Waals surface area contributed by atoms with Crippen LogP contribution in [0.25, 0.3) is 0 Å². The molecule has 0 aliphatic carbocycles. The van der Waals surface area contributed by atoms with Crippen LogP contribution in [0, 0.1) is 11.8 Å². The number of ether oxygens (including phenoxy) is 1. The molecule has 2 saturated heterocycles. The van der Waals surface area contributed by atoms with Crippen molar-refractivity contribution in [3.05, 3.63) is 12.7 Å². The summed E-state index contributed by atoms with van der Waals surface area (Å²) < 4.78 is 5.51. The number of nitrogens with zero attached hydrogens (tertiary/aromatic N) is 3. The van der Waals surface area contributed by atoms with Crippen molar-refractivity contribution >= 4 is 35.8 Å². The zero-order valence-electron chi connectivity index (χ0n) is 14.2. The van der Waals surface area contributed by atoms with E-state index in [0.717, 1.165) is 32.3 Å². The summed E-state index contributed by atoms with van der Waals surface area (Å²) >= 11 is 0. The first-order valence-corrected chi connectivity index (χ1v) is 8.04. The smallest absolute Gasteiger partial charge is 0.243 e. The van der Waals surface area contributed by atoms with Crippen molar-refractivity contribution in [2.24, 2.45) is 16.8 Å². The number of likely N-dealkylation sites (tertiary alicyclic amines) is 1. The quantitative estimate of drug-likeness (QED) is 0.305. The number of nitrogens with one attached hydrogen (secondary N) is 1. The van der Waals surface area contributed by atoms with Crippen molar-refractivity contribution in [3.8, 4) is 0 Å². The third-order valence-corrected chi connectivity index (χ3v) is 4.42. The predicted molar refractivity (Wildman–Crippen MR) is 103 cm³/mol. The number of rotatable bonds is 5. The number of aliphatic imine (C=N–C) groups is 1. The number of guanidine groups is 1. The van der Waals surface area contributed by atoms with Gasteiger partial charge < -0.3 is 19.9 Å². The summed E-state index contributed by atoms with van der Waals surface area (Å²) in [4.78, 5) is 20.1. The molecule has 7 heteroatoms. The van der Waals surface area contributed by atoms with Crippen molar-refractivity contribution in [3.63, 3.8) is 0 Å². The first-order valence-electron chi connectivity index (χ1n) is 8.04. The molecule has 0 bridgehead atoms. The Bertz CT molecular complexity index is 422. The summed E-state index contributed by atoms with van der Waals surface area (Å²) in [7, 11) is 3.50. The summed E-state index contributed by atoms with van der Waals surface area (Å²) in [6.07, 6.45) is 4.15. The van der Waals surface area contributed by atoms with Gasteiger partial charge in [-0.05, 0) is 24.7 Å². The van der Waals surface area contributed by atoms with Crippen LogP contribution in [0.15, 0.2) is 17.6 Å². The van der Waals surface area contributed by atoms with Gasteiger partial charge in [0.15, 0.2) is 5.96 Å². The maximum Gasteiger partial charge on any atom is 0.243 e. The highest BCUT2D eigenvalue weighted by atomic mass is 127. The van der Waals surface area contributed by atoms with Crippen LogP contribution in [-0.2, 0) is 9.53 Å². The molecule has 2 aliphatic rings. The summed E-state index contributed by atoms with van der Waals surface area (Å²) in [5.74, 6) is 2.17. The van der Waals surface area contributed by atoms with Crippen LogP contribution in [0.3, 0.4) is 0 Å². The van der Waals surface area contributed by atoms with E-state index in [-0.39, 0.29) is 36.4 Å². The highest BCUT2D eigenvalue weighted by Crippen LogP contribution is 2.29. The van der Waals surface area contributed by atoms with Gasteiger partial charge in [-0.3, -0.25) is 4.79 Å². The van der Waals surface area contributed by atoms with E-state index in [1.807, 2.05) is 6.08 Å². The molecular formula is C16H29IN4O2. The Morgan fingerprint density at radius 1 is 1.43 bits per heavy atom. The molecule has 2 fully saturated rings. The fraction of sp³-hybridized carbons (Fsp3) is 0.750. The molecule has 2 atom stereocenters. The third kappa shape index (κ3) is 5.95. The molecule has 2 aliphatic heterocycles. The molecule has 2 heterocycles. The van der Waals surface area contributed by atoms with Crippen LogP contribution >= 0.6 is 24.0 Å². The van der Waals surface area contributed by atoms with Crippen molar-refractivity contribution in [2.75, 3.05) is 53.5 Å². The number of hydrogen-bond acceptors (Lipinski definition) is 3. The topological polar surface area (TPSA) is 57.2 Å². The second-order valence-electron chi connectivity index (χ2n) is 6.22. The Morgan fingerprint density at radius 3 is 2.83 bits per heavy atom. The Morgan fingerprint density at radius 2 is 2.22 bits per heavy atom. The number of likely N-dealkylation sites (N-methyl/N-ethyl adjacent to an activating group) is 1. The van der Waals surface area contributed by atoms with Gasteiger partial charge in [0.05, 0.1) is 0 Å². The first-order chi connectivity index (χ1) is 10.6. The minimum Gasteiger partial charge on any atom is -0.381 e. The summed E-state index contributed by atoms with van der Waals surface area (Å²) in [6.45, 7) is 8.34. The van der Waals surface area contributed by atoms with Gasteiger partial charge in [0.25, 0.3) is 0 Å². The average Bonchev–Trinajstić information content (AvgIpc) is 3.17. The fourth-order valence-corrected chi connectivity index (χ4v) is 3.00. The van der Waals surface area contributed by atoms with Gasteiger partial charge in [0, 0.05) is 46.9 Å². The van der Waals surface area contributed by atoms with E-state index in [2.05, 4.69) is 21.8 Å². The summed E-state index contributed by atoms with van der Waals surface area (Å²) in [5, 5.41) is 3.27. The van der Waals surface area contributed by atoms with E-state index in [4.69, 9.17) is 4.74 Å². The Hall–Kier alpha value is -0.830. The lowest BCUT2D eigenvalue weighted by Crippen LogP contribution is -2.41. The zero-order valence-corrected chi connectivity index (χ0v) is 16.5. The SMILES string of the molecule is C=CCNC(=NCC(=O)N(C)C)N1CCC(C2CCOC2)C1.I. The normalized spacial score (nSPS) is 24.3. The molecule has 132 valence electrons. The van der Waals surface area contributed by atoms with Crippen LogP contribution in [0.2, 0.25) is 0 Å². The van der Waals surface area contributed by atoms with Crippen molar-refractivity contribution in [1.29, 1.82) is 0 Å². The second kappa shape index (κ2) is 10.1. The van der Waals surface area contributed by atoms with Gasteiger partial charge >= 0.3 is 0 Å². The number of amides is 1. The van der Waals surface area contributed by atoms with Gasteiger partial charge in [-0.2, -0.15) is 0 Å².